The van der Waals surface area contributed by atoms with Crippen LogP contribution in [0.15, 0.2) is 35.3 Å². The second-order valence-corrected chi connectivity index (χ2v) is 7.45. The Labute approximate surface area is 159 Å². The Kier molecular flexibility index (Phi) is 10.5. The number of aliphatic imine (C=N–C) groups is 1. The van der Waals surface area contributed by atoms with Crippen LogP contribution in [0.5, 0.6) is 0 Å². The maximum Gasteiger partial charge on any atom is 0.188 e. The molecule has 0 radical (unpaired) electrons. The third-order valence-electron chi connectivity index (χ3n) is 3.98. The van der Waals surface area contributed by atoms with Crippen molar-refractivity contribution < 1.29 is 4.21 Å². The van der Waals surface area contributed by atoms with Gasteiger partial charge in [0.05, 0.1) is 6.54 Å². The summed E-state index contributed by atoms with van der Waals surface area (Å²) in [6, 6.07) is 10.4. The highest BCUT2D eigenvalue weighted by atomic mass is 127. The van der Waals surface area contributed by atoms with Gasteiger partial charge in [0.2, 0.25) is 0 Å². The fraction of sp³-hybridized carbons (Fsp3) is 0.588. The van der Waals surface area contributed by atoms with Crippen LogP contribution in [0, 0.1) is 0 Å². The van der Waals surface area contributed by atoms with Crippen molar-refractivity contribution in [1.29, 1.82) is 0 Å². The molecule has 0 amide bonds. The van der Waals surface area contributed by atoms with E-state index in [0.717, 1.165) is 5.56 Å². The molecule has 1 fully saturated rings. The van der Waals surface area contributed by atoms with Gasteiger partial charge in [-0.3, -0.25) is 9.20 Å². The molecule has 1 saturated carbocycles. The molecule has 1 aromatic rings. The third kappa shape index (κ3) is 8.69. The first-order valence-electron chi connectivity index (χ1n) is 8.19. The lowest BCUT2D eigenvalue weighted by molar-refractivity contribution is 0.530. The average molecular weight is 449 g/mol. The topological polar surface area (TPSA) is 67.5 Å². The average Bonchev–Trinajstić information content (AvgIpc) is 2.77. The van der Waals surface area contributed by atoms with E-state index in [-0.39, 0.29) is 24.0 Å². The van der Waals surface area contributed by atoms with Crippen LogP contribution in [0.4, 0.5) is 0 Å². The van der Waals surface area contributed by atoms with Crippen molar-refractivity contribution in [2.24, 2.45) is 10.7 Å². The zero-order valence-corrected chi connectivity index (χ0v) is 16.7. The highest BCUT2D eigenvalue weighted by Crippen LogP contribution is 2.16. The van der Waals surface area contributed by atoms with Gasteiger partial charge in [-0.15, -0.1) is 24.0 Å². The maximum atomic E-state index is 12.0. The first-order valence-corrected chi connectivity index (χ1v) is 9.68. The summed E-state index contributed by atoms with van der Waals surface area (Å²) in [5.74, 6) is 1.65. The van der Waals surface area contributed by atoms with Crippen LogP contribution in [0.25, 0.3) is 0 Å². The fourth-order valence-electron chi connectivity index (χ4n) is 2.78. The van der Waals surface area contributed by atoms with Crippen LogP contribution in [-0.4, -0.2) is 28.5 Å². The molecule has 2 rings (SSSR count). The van der Waals surface area contributed by atoms with Crippen LogP contribution in [0.3, 0.4) is 0 Å². The van der Waals surface area contributed by atoms with Gasteiger partial charge in [0.15, 0.2) is 5.96 Å². The Morgan fingerprint density at radius 3 is 2.48 bits per heavy atom. The van der Waals surface area contributed by atoms with E-state index in [2.05, 4.69) is 10.3 Å². The van der Waals surface area contributed by atoms with Crippen LogP contribution in [0.1, 0.15) is 44.1 Å². The van der Waals surface area contributed by atoms with Gasteiger partial charge in [-0.1, -0.05) is 56.0 Å². The standard InChI is InChI=1S/C17H27N3OS.HI/c18-17(20-16-10-6-1-2-7-11-16)19-12-13-22(21)14-15-8-4-3-5-9-15;/h3-5,8-9,16H,1-2,6-7,10-14H2,(H3,18,19,20);1H. The van der Waals surface area contributed by atoms with E-state index in [9.17, 15) is 4.21 Å². The van der Waals surface area contributed by atoms with Gasteiger partial charge in [0.1, 0.15) is 0 Å². The summed E-state index contributed by atoms with van der Waals surface area (Å²) in [4.78, 5) is 4.32. The molecule has 0 aromatic heterocycles. The van der Waals surface area contributed by atoms with Crippen molar-refractivity contribution in [2.75, 3.05) is 12.3 Å². The normalized spacial score (nSPS) is 17.8. The summed E-state index contributed by atoms with van der Waals surface area (Å²) >= 11 is 0. The lowest BCUT2D eigenvalue weighted by Gasteiger charge is -2.16. The first kappa shape index (κ1) is 20.4. The molecule has 1 atom stereocenters. The third-order valence-corrected chi connectivity index (χ3v) is 5.27. The highest BCUT2D eigenvalue weighted by Gasteiger charge is 2.12. The molecule has 3 N–H and O–H groups in total. The number of hydrogen-bond donors (Lipinski definition) is 2. The second-order valence-electron chi connectivity index (χ2n) is 5.87. The number of benzene rings is 1. The van der Waals surface area contributed by atoms with E-state index in [1.54, 1.807) is 0 Å². The Bertz CT molecular complexity index is 488. The van der Waals surface area contributed by atoms with E-state index in [1.807, 2.05) is 30.3 Å². The lowest BCUT2D eigenvalue weighted by atomic mass is 10.1. The van der Waals surface area contributed by atoms with E-state index in [1.165, 1.54) is 38.5 Å². The SMILES string of the molecule is I.NC(=NCCS(=O)Cc1ccccc1)NC1CCCCCC1. The van der Waals surface area contributed by atoms with E-state index in [0.29, 0.717) is 30.1 Å². The quantitative estimate of drug-likeness (QED) is 0.304. The minimum Gasteiger partial charge on any atom is -0.370 e. The summed E-state index contributed by atoms with van der Waals surface area (Å²) in [5.41, 5.74) is 7.04. The fourth-order valence-corrected chi connectivity index (χ4v) is 3.78. The van der Waals surface area contributed by atoms with E-state index < -0.39 is 10.8 Å². The van der Waals surface area contributed by atoms with E-state index in [4.69, 9.17) is 5.73 Å². The zero-order chi connectivity index (χ0) is 15.6. The van der Waals surface area contributed by atoms with Crippen molar-refractivity contribution in [3.63, 3.8) is 0 Å². The summed E-state index contributed by atoms with van der Waals surface area (Å²) in [7, 11) is -0.887. The van der Waals surface area contributed by atoms with Crippen molar-refractivity contribution in [3.8, 4) is 0 Å². The van der Waals surface area contributed by atoms with Crippen LogP contribution < -0.4 is 11.1 Å². The molecule has 23 heavy (non-hydrogen) atoms. The van der Waals surface area contributed by atoms with Gasteiger partial charge in [-0.2, -0.15) is 0 Å². The minimum atomic E-state index is -0.887. The van der Waals surface area contributed by atoms with Gasteiger partial charge in [-0.25, -0.2) is 0 Å². The van der Waals surface area contributed by atoms with Crippen LogP contribution in [-0.2, 0) is 16.6 Å². The molecule has 0 saturated heterocycles. The predicted octanol–water partition coefficient (Wildman–Crippen LogP) is 3.18. The molecule has 1 aromatic carbocycles. The molecule has 1 unspecified atom stereocenters. The van der Waals surface area contributed by atoms with Gasteiger partial charge >= 0.3 is 0 Å². The molecule has 4 nitrogen and oxygen atoms in total. The second kappa shape index (κ2) is 11.8. The van der Waals surface area contributed by atoms with Gasteiger partial charge in [0.25, 0.3) is 0 Å². The highest BCUT2D eigenvalue weighted by molar-refractivity contribution is 14.0. The molecule has 1 aliphatic rings. The molecule has 6 heteroatoms. The Morgan fingerprint density at radius 1 is 1.17 bits per heavy atom. The van der Waals surface area contributed by atoms with Gasteiger partial charge in [-0.05, 0) is 18.4 Å². The maximum absolute atomic E-state index is 12.0. The smallest absolute Gasteiger partial charge is 0.188 e. The number of halogens is 1. The van der Waals surface area contributed by atoms with Crippen LogP contribution >= 0.6 is 24.0 Å². The zero-order valence-electron chi connectivity index (χ0n) is 13.6. The van der Waals surface area contributed by atoms with E-state index >= 15 is 0 Å². The Hall–Kier alpha value is -0.630. The van der Waals surface area contributed by atoms with Crippen molar-refractivity contribution in [3.05, 3.63) is 35.9 Å². The van der Waals surface area contributed by atoms with Crippen molar-refractivity contribution in [1.82, 2.24) is 5.32 Å². The monoisotopic (exact) mass is 449 g/mol. The number of nitrogens with one attached hydrogen (secondary N) is 1. The predicted molar refractivity (Wildman–Crippen MR) is 110 cm³/mol. The first-order chi connectivity index (χ1) is 10.7. The summed E-state index contributed by atoms with van der Waals surface area (Å²) in [6.07, 6.45) is 7.55. The van der Waals surface area contributed by atoms with Gasteiger partial charge < -0.3 is 11.1 Å². The summed E-state index contributed by atoms with van der Waals surface area (Å²) in [5, 5.41) is 3.31. The lowest BCUT2D eigenvalue weighted by Crippen LogP contribution is -2.40. The Balaban J connectivity index is 0.00000264. The molecule has 130 valence electrons. The van der Waals surface area contributed by atoms with Crippen molar-refractivity contribution in [2.45, 2.75) is 50.3 Å². The largest absolute Gasteiger partial charge is 0.370 e. The molecule has 1 aliphatic carbocycles. The number of nitrogens with zero attached hydrogens (tertiary/aromatic N) is 1. The summed E-state index contributed by atoms with van der Waals surface area (Å²) in [6.45, 7) is 0.519. The number of hydrogen-bond acceptors (Lipinski definition) is 2. The molecule has 0 heterocycles. The number of guanidine groups is 1. The number of nitrogens with two attached hydrogens (primary N) is 1. The minimum absolute atomic E-state index is 0. The molecular formula is C17H28IN3OS. The van der Waals surface area contributed by atoms with Crippen LogP contribution in [0.2, 0.25) is 0 Å². The van der Waals surface area contributed by atoms with Gasteiger partial charge in [0, 0.05) is 28.3 Å². The molecular weight excluding hydrogens is 421 g/mol. The summed E-state index contributed by atoms with van der Waals surface area (Å²) < 4.78 is 12.0. The van der Waals surface area contributed by atoms with Crippen molar-refractivity contribution >= 4 is 40.7 Å². The molecule has 0 bridgehead atoms. The Morgan fingerprint density at radius 2 is 1.83 bits per heavy atom. The molecule has 0 aliphatic heterocycles. The molecule has 0 spiro atoms. The number of rotatable bonds is 6.